The Labute approximate surface area is 74.3 Å². The van der Waals surface area contributed by atoms with Gasteiger partial charge in [0.15, 0.2) is 0 Å². The van der Waals surface area contributed by atoms with Crippen LogP contribution < -0.4 is 0 Å². The molecule has 2 nitrogen and oxygen atoms in total. The van der Waals surface area contributed by atoms with Crippen LogP contribution in [0.1, 0.15) is 39.5 Å². The summed E-state index contributed by atoms with van der Waals surface area (Å²) in [7, 11) is 0. The lowest BCUT2D eigenvalue weighted by molar-refractivity contribution is -0.147. The fraction of sp³-hybridized carbons (Fsp3) is 0.800. The maximum atomic E-state index is 10.7. The molecule has 0 N–H and O–H groups in total. The van der Waals surface area contributed by atoms with Crippen molar-refractivity contribution < 1.29 is 9.53 Å². The van der Waals surface area contributed by atoms with Crippen LogP contribution in [0.2, 0.25) is 0 Å². The predicted molar refractivity (Wildman–Crippen MR) is 47.5 cm³/mol. The summed E-state index contributed by atoms with van der Waals surface area (Å²) in [6, 6.07) is 0. The standard InChI is InChI=1S/C10H17O2/c1-3-10(12-8(2)11)9-6-4-5-7-9/h3,9-10H,4-7H2,1-2H3. The first-order chi connectivity index (χ1) is 5.74. The Balaban J connectivity index is 2.37. The van der Waals surface area contributed by atoms with Crippen molar-refractivity contribution in [2.75, 3.05) is 0 Å². The van der Waals surface area contributed by atoms with Gasteiger partial charge >= 0.3 is 5.97 Å². The molecule has 1 radical (unpaired) electrons. The van der Waals surface area contributed by atoms with E-state index in [0.29, 0.717) is 5.92 Å². The molecule has 0 heterocycles. The normalized spacial score (nSPS) is 20.8. The van der Waals surface area contributed by atoms with Crippen LogP contribution >= 0.6 is 0 Å². The predicted octanol–water partition coefficient (Wildman–Crippen LogP) is 2.33. The maximum absolute atomic E-state index is 10.7. The van der Waals surface area contributed by atoms with Crippen LogP contribution in [0.25, 0.3) is 0 Å². The molecule has 1 aliphatic rings. The molecule has 1 aliphatic carbocycles. The van der Waals surface area contributed by atoms with E-state index in [0.717, 1.165) is 0 Å². The molecule has 0 aliphatic heterocycles. The Morgan fingerprint density at radius 2 is 2.08 bits per heavy atom. The van der Waals surface area contributed by atoms with E-state index in [2.05, 4.69) is 0 Å². The second-order valence-corrected chi connectivity index (χ2v) is 3.45. The van der Waals surface area contributed by atoms with E-state index in [1.54, 1.807) is 0 Å². The van der Waals surface area contributed by atoms with Crippen LogP contribution in [0.3, 0.4) is 0 Å². The molecule has 69 valence electrons. The zero-order valence-corrected chi connectivity index (χ0v) is 7.88. The highest BCUT2D eigenvalue weighted by Gasteiger charge is 2.25. The maximum Gasteiger partial charge on any atom is 0.302 e. The van der Waals surface area contributed by atoms with Crippen molar-refractivity contribution in [3.8, 4) is 0 Å². The average molecular weight is 169 g/mol. The summed E-state index contributed by atoms with van der Waals surface area (Å²) in [5.74, 6) is 0.420. The first kappa shape index (κ1) is 9.56. The van der Waals surface area contributed by atoms with Crippen molar-refractivity contribution in [3.63, 3.8) is 0 Å². The second-order valence-electron chi connectivity index (χ2n) is 3.45. The molecular formula is C10H17O2. The van der Waals surface area contributed by atoms with Gasteiger partial charge in [0.05, 0.1) is 0 Å². The SMILES string of the molecule is C[CH]C(OC(C)=O)C1CCCC1. The fourth-order valence-electron chi connectivity index (χ4n) is 1.91. The molecule has 0 aromatic rings. The van der Waals surface area contributed by atoms with E-state index in [1.807, 2.05) is 13.3 Å². The van der Waals surface area contributed by atoms with Gasteiger partial charge in [-0.3, -0.25) is 4.79 Å². The first-order valence-corrected chi connectivity index (χ1v) is 4.70. The molecule has 2 heteroatoms. The fourth-order valence-corrected chi connectivity index (χ4v) is 1.91. The number of carbonyl (C=O) groups is 1. The summed E-state index contributed by atoms with van der Waals surface area (Å²) in [4.78, 5) is 10.7. The molecule has 12 heavy (non-hydrogen) atoms. The quantitative estimate of drug-likeness (QED) is 0.606. The summed E-state index contributed by atoms with van der Waals surface area (Å²) in [5, 5.41) is 0. The van der Waals surface area contributed by atoms with Gasteiger partial charge in [-0.25, -0.2) is 0 Å². The van der Waals surface area contributed by atoms with Crippen LogP contribution in [0, 0.1) is 12.3 Å². The van der Waals surface area contributed by atoms with Crippen molar-refractivity contribution >= 4 is 5.97 Å². The molecular weight excluding hydrogens is 152 g/mol. The lowest BCUT2D eigenvalue weighted by Crippen LogP contribution is -2.23. The van der Waals surface area contributed by atoms with Gasteiger partial charge in [0, 0.05) is 6.92 Å². The largest absolute Gasteiger partial charge is 0.462 e. The lowest BCUT2D eigenvalue weighted by atomic mass is 9.99. The Morgan fingerprint density at radius 3 is 2.50 bits per heavy atom. The number of ether oxygens (including phenoxy) is 1. The molecule has 0 saturated heterocycles. The Kier molecular flexibility index (Phi) is 3.57. The monoisotopic (exact) mass is 169 g/mol. The Bertz CT molecular complexity index is 148. The molecule has 1 fully saturated rings. The zero-order valence-electron chi connectivity index (χ0n) is 7.88. The van der Waals surface area contributed by atoms with Gasteiger partial charge in [0.2, 0.25) is 0 Å². The summed E-state index contributed by atoms with van der Waals surface area (Å²) in [6.45, 7) is 3.44. The molecule has 0 spiro atoms. The number of hydrogen-bond donors (Lipinski definition) is 0. The van der Waals surface area contributed by atoms with Crippen LogP contribution in [0.4, 0.5) is 0 Å². The third-order valence-corrected chi connectivity index (χ3v) is 2.50. The number of hydrogen-bond acceptors (Lipinski definition) is 2. The van der Waals surface area contributed by atoms with Gasteiger partial charge in [-0.15, -0.1) is 0 Å². The summed E-state index contributed by atoms with van der Waals surface area (Å²) in [5.41, 5.74) is 0. The Morgan fingerprint density at radius 1 is 1.50 bits per heavy atom. The van der Waals surface area contributed by atoms with Crippen molar-refractivity contribution in [1.82, 2.24) is 0 Å². The van der Waals surface area contributed by atoms with Crippen LogP contribution in [0.15, 0.2) is 0 Å². The van der Waals surface area contributed by atoms with Gasteiger partial charge in [-0.05, 0) is 25.2 Å². The third-order valence-electron chi connectivity index (χ3n) is 2.50. The second kappa shape index (κ2) is 4.48. The van der Waals surface area contributed by atoms with E-state index in [4.69, 9.17) is 4.74 Å². The number of carbonyl (C=O) groups excluding carboxylic acids is 1. The topological polar surface area (TPSA) is 26.3 Å². The number of esters is 1. The molecule has 1 saturated carbocycles. The van der Waals surface area contributed by atoms with Crippen LogP contribution in [0.5, 0.6) is 0 Å². The van der Waals surface area contributed by atoms with E-state index >= 15 is 0 Å². The van der Waals surface area contributed by atoms with Gasteiger partial charge in [-0.1, -0.05) is 19.8 Å². The average Bonchev–Trinajstić information content (AvgIpc) is 2.51. The van der Waals surface area contributed by atoms with Gasteiger partial charge in [0.25, 0.3) is 0 Å². The van der Waals surface area contributed by atoms with E-state index in [9.17, 15) is 4.79 Å². The van der Waals surface area contributed by atoms with Gasteiger partial charge in [-0.2, -0.15) is 0 Å². The van der Waals surface area contributed by atoms with Gasteiger partial charge in [0.1, 0.15) is 6.10 Å². The van der Waals surface area contributed by atoms with E-state index in [1.165, 1.54) is 32.6 Å². The van der Waals surface area contributed by atoms with Crippen molar-refractivity contribution in [1.29, 1.82) is 0 Å². The van der Waals surface area contributed by atoms with Crippen LogP contribution in [-0.4, -0.2) is 12.1 Å². The minimum Gasteiger partial charge on any atom is -0.462 e. The Hall–Kier alpha value is -0.530. The third kappa shape index (κ3) is 2.50. The minimum atomic E-state index is -0.162. The highest BCUT2D eigenvalue weighted by atomic mass is 16.5. The van der Waals surface area contributed by atoms with Crippen molar-refractivity contribution in [2.45, 2.75) is 45.6 Å². The minimum absolute atomic E-state index is 0.0602. The molecule has 0 aromatic heterocycles. The number of rotatable bonds is 3. The zero-order chi connectivity index (χ0) is 8.97. The summed E-state index contributed by atoms with van der Waals surface area (Å²) >= 11 is 0. The van der Waals surface area contributed by atoms with Crippen LogP contribution in [-0.2, 0) is 9.53 Å². The molecule has 1 rings (SSSR count). The van der Waals surface area contributed by atoms with Crippen molar-refractivity contribution in [2.24, 2.45) is 5.92 Å². The highest BCUT2D eigenvalue weighted by Crippen LogP contribution is 2.30. The van der Waals surface area contributed by atoms with E-state index < -0.39 is 0 Å². The summed E-state index contributed by atoms with van der Waals surface area (Å²) in [6.07, 6.45) is 7.05. The van der Waals surface area contributed by atoms with E-state index in [-0.39, 0.29) is 12.1 Å². The molecule has 1 unspecified atom stereocenters. The van der Waals surface area contributed by atoms with Crippen molar-refractivity contribution in [3.05, 3.63) is 6.42 Å². The first-order valence-electron chi connectivity index (χ1n) is 4.70. The van der Waals surface area contributed by atoms with Gasteiger partial charge < -0.3 is 4.74 Å². The summed E-state index contributed by atoms with van der Waals surface area (Å²) < 4.78 is 5.19. The molecule has 0 bridgehead atoms. The molecule has 0 amide bonds. The smallest absolute Gasteiger partial charge is 0.302 e. The molecule has 0 aromatic carbocycles. The molecule has 1 atom stereocenters. The lowest BCUT2D eigenvalue weighted by Gasteiger charge is -2.20. The highest BCUT2D eigenvalue weighted by molar-refractivity contribution is 5.66.